The molecule has 0 spiro atoms. The molecule has 164 valence electrons. The zero-order chi connectivity index (χ0) is 19.6. The molecule has 1 aromatic carbocycles. The molecule has 1 aliphatic carbocycles. The molecule has 3 rings (SSSR count). The zero-order valence-corrected chi connectivity index (χ0v) is 20.2. The van der Waals surface area contributed by atoms with E-state index in [1.807, 2.05) is 19.2 Å². The average molecular weight is 516 g/mol. The van der Waals surface area contributed by atoms with Gasteiger partial charge in [-0.1, -0.05) is 18.6 Å². The first-order valence-electron chi connectivity index (χ1n) is 10.8. The van der Waals surface area contributed by atoms with Crippen LogP contribution in [-0.4, -0.2) is 57.3 Å². The summed E-state index contributed by atoms with van der Waals surface area (Å²) < 4.78 is 11.9. The Bertz CT molecular complexity index is 629. The number of nitrogens with one attached hydrogen (secondary N) is 2. The number of halogens is 1. The van der Waals surface area contributed by atoms with E-state index in [0.29, 0.717) is 12.6 Å². The molecule has 2 N–H and O–H groups in total. The Balaban J connectivity index is 0.00000300. The fourth-order valence-corrected chi connectivity index (χ4v) is 4.08. The van der Waals surface area contributed by atoms with E-state index in [9.17, 15) is 0 Å². The standard InChI is InChI=1S/C22H36N4O2.HI/c1-23-22(24-13-16-26-14-6-3-7-15-26)25-17-18-9-8-12-20(27-2)21(18)28-19-10-4-5-11-19;/h8-9,12,19H,3-7,10-11,13-17H2,1-2H3,(H2,23,24,25);1H. The molecule has 6 nitrogen and oxygen atoms in total. The van der Waals surface area contributed by atoms with Crippen molar-refractivity contribution in [1.29, 1.82) is 0 Å². The number of methoxy groups -OCH3 is 1. The molecule has 1 heterocycles. The number of likely N-dealkylation sites (tertiary alicyclic amines) is 1. The van der Waals surface area contributed by atoms with Gasteiger partial charge in [-0.2, -0.15) is 0 Å². The smallest absolute Gasteiger partial charge is 0.191 e. The summed E-state index contributed by atoms with van der Waals surface area (Å²) in [7, 11) is 3.52. The van der Waals surface area contributed by atoms with Crippen LogP contribution in [0.25, 0.3) is 0 Å². The molecule has 1 saturated heterocycles. The third-order valence-corrected chi connectivity index (χ3v) is 5.71. The van der Waals surface area contributed by atoms with Crippen molar-refractivity contribution in [2.75, 3.05) is 40.3 Å². The fraction of sp³-hybridized carbons (Fsp3) is 0.682. The van der Waals surface area contributed by atoms with Gasteiger partial charge in [0, 0.05) is 32.2 Å². The lowest BCUT2D eigenvalue weighted by Gasteiger charge is -2.26. The monoisotopic (exact) mass is 516 g/mol. The number of hydrogen-bond acceptors (Lipinski definition) is 4. The summed E-state index contributed by atoms with van der Waals surface area (Å²) in [6.45, 7) is 5.07. The lowest BCUT2D eigenvalue weighted by atomic mass is 10.1. The molecule has 1 saturated carbocycles. The van der Waals surface area contributed by atoms with E-state index in [4.69, 9.17) is 9.47 Å². The number of rotatable bonds is 8. The Morgan fingerprint density at radius 1 is 1.10 bits per heavy atom. The minimum Gasteiger partial charge on any atom is -0.493 e. The van der Waals surface area contributed by atoms with Crippen molar-refractivity contribution < 1.29 is 9.47 Å². The van der Waals surface area contributed by atoms with Crippen LogP contribution in [0.3, 0.4) is 0 Å². The second kappa shape index (κ2) is 13.2. The summed E-state index contributed by atoms with van der Waals surface area (Å²) in [5.74, 6) is 2.50. The van der Waals surface area contributed by atoms with E-state index in [1.165, 1.54) is 45.2 Å². The minimum atomic E-state index is 0. The number of hydrogen-bond donors (Lipinski definition) is 2. The van der Waals surface area contributed by atoms with Gasteiger partial charge in [0.05, 0.1) is 13.2 Å². The number of para-hydroxylation sites is 1. The highest BCUT2D eigenvalue weighted by Crippen LogP contribution is 2.34. The van der Waals surface area contributed by atoms with Crippen LogP contribution in [0.4, 0.5) is 0 Å². The summed E-state index contributed by atoms with van der Waals surface area (Å²) in [5, 5.41) is 6.86. The lowest BCUT2D eigenvalue weighted by Crippen LogP contribution is -2.42. The van der Waals surface area contributed by atoms with Crippen molar-refractivity contribution >= 4 is 29.9 Å². The molecule has 7 heteroatoms. The zero-order valence-electron chi connectivity index (χ0n) is 17.9. The van der Waals surface area contributed by atoms with Crippen LogP contribution in [0.15, 0.2) is 23.2 Å². The maximum Gasteiger partial charge on any atom is 0.191 e. The Hall–Kier alpha value is -1.22. The summed E-state index contributed by atoms with van der Waals surface area (Å²) in [5.41, 5.74) is 1.10. The van der Waals surface area contributed by atoms with Gasteiger partial charge in [-0.05, 0) is 57.7 Å². The number of nitrogens with zero attached hydrogens (tertiary/aromatic N) is 2. The van der Waals surface area contributed by atoms with Crippen LogP contribution >= 0.6 is 24.0 Å². The Morgan fingerprint density at radius 3 is 2.55 bits per heavy atom. The van der Waals surface area contributed by atoms with Gasteiger partial charge in [0.15, 0.2) is 17.5 Å². The summed E-state index contributed by atoms with van der Waals surface area (Å²) >= 11 is 0. The largest absolute Gasteiger partial charge is 0.493 e. The third-order valence-electron chi connectivity index (χ3n) is 5.71. The normalized spacial score (nSPS) is 18.2. The molecule has 1 aliphatic heterocycles. The second-order valence-corrected chi connectivity index (χ2v) is 7.73. The predicted octanol–water partition coefficient (Wildman–Crippen LogP) is 3.79. The first-order chi connectivity index (χ1) is 13.8. The molecule has 0 bridgehead atoms. The predicted molar refractivity (Wildman–Crippen MR) is 130 cm³/mol. The molecular formula is C22H37IN4O2. The van der Waals surface area contributed by atoms with Gasteiger partial charge in [-0.15, -0.1) is 24.0 Å². The van der Waals surface area contributed by atoms with Crippen LogP contribution < -0.4 is 20.1 Å². The van der Waals surface area contributed by atoms with Crippen LogP contribution in [0.1, 0.15) is 50.5 Å². The highest BCUT2D eigenvalue weighted by molar-refractivity contribution is 14.0. The molecule has 0 unspecified atom stereocenters. The lowest BCUT2D eigenvalue weighted by molar-refractivity contribution is 0.198. The van der Waals surface area contributed by atoms with Crippen molar-refractivity contribution in [3.8, 4) is 11.5 Å². The molecule has 0 radical (unpaired) electrons. The van der Waals surface area contributed by atoms with Gasteiger partial charge in [0.25, 0.3) is 0 Å². The van der Waals surface area contributed by atoms with Crippen molar-refractivity contribution in [3.05, 3.63) is 23.8 Å². The van der Waals surface area contributed by atoms with Crippen LogP contribution in [0, 0.1) is 0 Å². The number of guanidine groups is 1. The molecule has 2 fully saturated rings. The van der Waals surface area contributed by atoms with Gasteiger partial charge >= 0.3 is 0 Å². The molecule has 0 amide bonds. The van der Waals surface area contributed by atoms with E-state index in [0.717, 1.165) is 49.0 Å². The topological polar surface area (TPSA) is 58.1 Å². The van der Waals surface area contributed by atoms with Crippen molar-refractivity contribution in [2.45, 2.75) is 57.6 Å². The summed E-state index contributed by atoms with van der Waals surface area (Å²) in [6, 6.07) is 6.09. The van der Waals surface area contributed by atoms with E-state index in [1.54, 1.807) is 7.11 Å². The van der Waals surface area contributed by atoms with Crippen LogP contribution in [0.2, 0.25) is 0 Å². The maximum absolute atomic E-state index is 6.32. The summed E-state index contributed by atoms with van der Waals surface area (Å²) in [4.78, 5) is 6.89. The Morgan fingerprint density at radius 2 is 1.86 bits per heavy atom. The van der Waals surface area contributed by atoms with Gasteiger partial charge < -0.3 is 25.0 Å². The molecule has 2 aliphatic rings. The summed E-state index contributed by atoms with van der Waals surface area (Å²) in [6.07, 6.45) is 9.09. The quantitative estimate of drug-likeness (QED) is 0.313. The molecule has 29 heavy (non-hydrogen) atoms. The highest BCUT2D eigenvalue weighted by atomic mass is 127. The Kier molecular flexibility index (Phi) is 10.9. The minimum absolute atomic E-state index is 0. The van der Waals surface area contributed by atoms with Crippen LogP contribution in [0.5, 0.6) is 11.5 Å². The van der Waals surface area contributed by atoms with E-state index >= 15 is 0 Å². The third kappa shape index (κ3) is 7.51. The van der Waals surface area contributed by atoms with E-state index in [-0.39, 0.29) is 24.0 Å². The average Bonchev–Trinajstić information content (AvgIpc) is 3.25. The highest BCUT2D eigenvalue weighted by Gasteiger charge is 2.20. The van der Waals surface area contributed by atoms with Crippen molar-refractivity contribution in [3.63, 3.8) is 0 Å². The second-order valence-electron chi connectivity index (χ2n) is 7.73. The number of aliphatic imine (C=N–C) groups is 1. The first-order valence-corrected chi connectivity index (χ1v) is 10.8. The molecule has 1 aromatic rings. The fourth-order valence-electron chi connectivity index (χ4n) is 4.08. The maximum atomic E-state index is 6.32. The van der Waals surface area contributed by atoms with Gasteiger partial charge in [0.2, 0.25) is 0 Å². The number of piperidine rings is 1. The first kappa shape index (κ1) is 24.1. The SMILES string of the molecule is CN=C(NCCN1CCCCC1)NCc1cccc(OC)c1OC1CCCC1.I. The Labute approximate surface area is 192 Å². The molecule has 0 aromatic heterocycles. The molecular weight excluding hydrogens is 479 g/mol. The van der Waals surface area contributed by atoms with Gasteiger partial charge in [-0.25, -0.2) is 0 Å². The van der Waals surface area contributed by atoms with Gasteiger partial charge in [-0.3, -0.25) is 4.99 Å². The number of ether oxygens (including phenoxy) is 2. The van der Waals surface area contributed by atoms with Crippen molar-refractivity contribution in [2.24, 2.45) is 4.99 Å². The van der Waals surface area contributed by atoms with E-state index < -0.39 is 0 Å². The van der Waals surface area contributed by atoms with E-state index in [2.05, 4.69) is 26.6 Å². The van der Waals surface area contributed by atoms with Crippen molar-refractivity contribution in [1.82, 2.24) is 15.5 Å². The van der Waals surface area contributed by atoms with Gasteiger partial charge in [0.1, 0.15) is 0 Å². The molecule has 0 atom stereocenters. The van der Waals surface area contributed by atoms with Crippen LogP contribution in [-0.2, 0) is 6.54 Å². The number of benzene rings is 1.